The van der Waals surface area contributed by atoms with E-state index in [1.165, 1.54) is 18.2 Å². The summed E-state index contributed by atoms with van der Waals surface area (Å²) in [6.07, 6.45) is 2.42. The molecule has 15 heavy (non-hydrogen) atoms. The summed E-state index contributed by atoms with van der Waals surface area (Å²) >= 11 is 0. The van der Waals surface area contributed by atoms with E-state index in [1.807, 2.05) is 0 Å². The fraction of sp³-hybridized carbons (Fsp3) is 0.364. The molecule has 1 amide bonds. The number of ether oxygens (including phenoxy) is 1. The van der Waals surface area contributed by atoms with Crippen molar-refractivity contribution in [1.29, 1.82) is 0 Å². The van der Waals surface area contributed by atoms with Crippen LogP contribution in [0.25, 0.3) is 0 Å². The molecule has 3 rings (SSSR count). The number of fused-ring (bicyclic) bond motifs is 1. The first kappa shape index (κ1) is 8.71. The zero-order chi connectivity index (χ0) is 10.5. The van der Waals surface area contributed by atoms with Gasteiger partial charge in [-0.1, -0.05) is 0 Å². The molecular formula is C11H10FNO2. The highest BCUT2D eigenvalue weighted by atomic mass is 19.1. The Kier molecular flexibility index (Phi) is 1.58. The summed E-state index contributed by atoms with van der Waals surface area (Å²) in [7, 11) is 0. The smallest absolute Gasteiger partial charge is 0.268 e. The number of anilines is 1. The van der Waals surface area contributed by atoms with E-state index in [1.54, 1.807) is 0 Å². The molecule has 78 valence electrons. The van der Waals surface area contributed by atoms with Crippen molar-refractivity contribution in [3.05, 3.63) is 24.0 Å². The first-order valence-corrected chi connectivity index (χ1v) is 5.00. The molecule has 3 nitrogen and oxygen atoms in total. The van der Waals surface area contributed by atoms with Crippen LogP contribution < -0.4 is 10.1 Å². The number of nitrogens with one attached hydrogen (secondary N) is 1. The third kappa shape index (κ3) is 1.14. The third-order valence-electron chi connectivity index (χ3n) is 3.07. The maximum atomic E-state index is 13.0. The highest BCUT2D eigenvalue weighted by molar-refractivity contribution is 6.01. The van der Waals surface area contributed by atoms with Crippen LogP contribution in [0.15, 0.2) is 18.2 Å². The highest BCUT2D eigenvalue weighted by Crippen LogP contribution is 2.43. The molecule has 1 heterocycles. The molecule has 0 saturated heterocycles. The molecule has 0 radical (unpaired) electrons. The SMILES string of the molecule is O=C1Nc2ccc(F)cc2OC12CCC2. The summed E-state index contributed by atoms with van der Waals surface area (Å²) in [5.41, 5.74) is -0.167. The lowest BCUT2D eigenvalue weighted by molar-refractivity contribution is -0.139. The van der Waals surface area contributed by atoms with E-state index in [9.17, 15) is 9.18 Å². The minimum atomic E-state index is -0.721. The van der Waals surface area contributed by atoms with Gasteiger partial charge in [-0.25, -0.2) is 4.39 Å². The Morgan fingerprint density at radius 2 is 2.20 bits per heavy atom. The Morgan fingerprint density at radius 3 is 2.87 bits per heavy atom. The zero-order valence-electron chi connectivity index (χ0n) is 8.05. The molecule has 1 saturated carbocycles. The first-order chi connectivity index (χ1) is 7.20. The van der Waals surface area contributed by atoms with Gasteiger partial charge < -0.3 is 10.1 Å². The Labute approximate surface area is 86.2 Å². The lowest BCUT2D eigenvalue weighted by atomic mass is 9.78. The summed E-state index contributed by atoms with van der Waals surface area (Å²) in [6.45, 7) is 0. The summed E-state index contributed by atoms with van der Waals surface area (Å²) < 4.78 is 18.6. The van der Waals surface area contributed by atoms with Crippen LogP contribution in [0.1, 0.15) is 19.3 Å². The Hall–Kier alpha value is -1.58. The molecule has 1 fully saturated rings. The second-order valence-electron chi connectivity index (χ2n) is 4.04. The van der Waals surface area contributed by atoms with Gasteiger partial charge in [-0.2, -0.15) is 0 Å². The lowest BCUT2D eigenvalue weighted by Crippen LogP contribution is -2.55. The Morgan fingerprint density at radius 1 is 1.40 bits per heavy atom. The van der Waals surface area contributed by atoms with Crippen LogP contribution in [0.5, 0.6) is 5.75 Å². The van der Waals surface area contributed by atoms with Crippen LogP contribution in [0.4, 0.5) is 10.1 Å². The number of carbonyl (C=O) groups is 1. The zero-order valence-corrected chi connectivity index (χ0v) is 8.05. The number of hydrogen-bond donors (Lipinski definition) is 1. The minimum Gasteiger partial charge on any atom is -0.475 e. The normalized spacial score (nSPS) is 21.3. The van der Waals surface area contributed by atoms with E-state index < -0.39 is 5.60 Å². The monoisotopic (exact) mass is 207 g/mol. The molecule has 0 atom stereocenters. The van der Waals surface area contributed by atoms with E-state index in [-0.39, 0.29) is 11.7 Å². The van der Waals surface area contributed by atoms with Gasteiger partial charge in [0.1, 0.15) is 11.6 Å². The van der Waals surface area contributed by atoms with E-state index in [2.05, 4.69) is 5.32 Å². The molecule has 1 aliphatic carbocycles. The quantitative estimate of drug-likeness (QED) is 0.707. The van der Waals surface area contributed by atoms with Crippen LogP contribution in [0.2, 0.25) is 0 Å². The molecular weight excluding hydrogens is 197 g/mol. The molecule has 0 bridgehead atoms. The molecule has 1 aromatic rings. The van der Waals surface area contributed by atoms with Gasteiger partial charge in [0.05, 0.1) is 5.69 Å². The standard InChI is InChI=1S/C11H10FNO2/c12-7-2-3-8-9(6-7)15-11(4-1-5-11)10(14)13-8/h2-3,6H,1,4-5H2,(H,13,14). The average Bonchev–Trinajstić information content (AvgIpc) is 2.15. The van der Waals surface area contributed by atoms with Crippen LogP contribution >= 0.6 is 0 Å². The summed E-state index contributed by atoms with van der Waals surface area (Å²) in [4.78, 5) is 11.7. The second-order valence-corrected chi connectivity index (χ2v) is 4.04. The van der Waals surface area contributed by atoms with Crippen LogP contribution in [0.3, 0.4) is 0 Å². The Bertz CT molecular complexity index is 440. The number of rotatable bonds is 0. The minimum absolute atomic E-state index is 0.104. The van der Waals surface area contributed by atoms with Crippen molar-refractivity contribution in [3.8, 4) is 5.75 Å². The van der Waals surface area contributed by atoms with E-state index in [4.69, 9.17) is 4.74 Å². The Balaban J connectivity index is 2.03. The van der Waals surface area contributed by atoms with Crippen molar-refractivity contribution < 1.29 is 13.9 Å². The number of halogens is 1. The number of carbonyl (C=O) groups excluding carboxylic acids is 1. The van der Waals surface area contributed by atoms with Crippen molar-refractivity contribution in [1.82, 2.24) is 0 Å². The fourth-order valence-corrected chi connectivity index (χ4v) is 2.00. The first-order valence-electron chi connectivity index (χ1n) is 5.00. The molecule has 1 aromatic carbocycles. The van der Waals surface area contributed by atoms with Gasteiger partial charge in [0.25, 0.3) is 5.91 Å². The largest absolute Gasteiger partial charge is 0.475 e. The van der Waals surface area contributed by atoms with Crippen LogP contribution in [0, 0.1) is 5.82 Å². The van der Waals surface area contributed by atoms with Crippen molar-refractivity contribution in [2.24, 2.45) is 0 Å². The fourth-order valence-electron chi connectivity index (χ4n) is 2.00. The van der Waals surface area contributed by atoms with Gasteiger partial charge >= 0.3 is 0 Å². The predicted octanol–water partition coefficient (Wildman–Crippen LogP) is 2.08. The maximum Gasteiger partial charge on any atom is 0.268 e. The molecule has 1 spiro atoms. The van der Waals surface area contributed by atoms with Gasteiger partial charge in [-0.05, 0) is 31.4 Å². The molecule has 0 aromatic heterocycles. The van der Waals surface area contributed by atoms with Crippen molar-refractivity contribution in [2.45, 2.75) is 24.9 Å². The maximum absolute atomic E-state index is 13.0. The molecule has 2 aliphatic rings. The van der Waals surface area contributed by atoms with Crippen LogP contribution in [-0.4, -0.2) is 11.5 Å². The average molecular weight is 207 g/mol. The van der Waals surface area contributed by atoms with E-state index in [0.717, 1.165) is 19.3 Å². The number of hydrogen-bond acceptors (Lipinski definition) is 2. The van der Waals surface area contributed by atoms with Crippen molar-refractivity contribution >= 4 is 11.6 Å². The number of amides is 1. The molecule has 0 unspecified atom stereocenters. The summed E-state index contributed by atoms with van der Waals surface area (Å²) in [5.74, 6) is -0.0125. The molecule has 1 N–H and O–H groups in total. The van der Waals surface area contributed by atoms with Gasteiger partial charge in [0.2, 0.25) is 0 Å². The van der Waals surface area contributed by atoms with Gasteiger partial charge in [0.15, 0.2) is 5.60 Å². The van der Waals surface area contributed by atoms with Crippen molar-refractivity contribution in [3.63, 3.8) is 0 Å². The highest BCUT2D eigenvalue weighted by Gasteiger charge is 2.49. The summed E-state index contributed by atoms with van der Waals surface area (Å²) in [6, 6.07) is 4.14. The number of benzene rings is 1. The summed E-state index contributed by atoms with van der Waals surface area (Å²) in [5, 5.41) is 2.75. The molecule has 1 aliphatic heterocycles. The van der Waals surface area contributed by atoms with Crippen LogP contribution in [-0.2, 0) is 4.79 Å². The van der Waals surface area contributed by atoms with Gasteiger partial charge in [-0.3, -0.25) is 4.79 Å². The van der Waals surface area contributed by atoms with Gasteiger partial charge in [0, 0.05) is 6.07 Å². The predicted molar refractivity (Wildman–Crippen MR) is 52.2 cm³/mol. The topological polar surface area (TPSA) is 38.3 Å². The second kappa shape index (κ2) is 2.72. The van der Waals surface area contributed by atoms with E-state index >= 15 is 0 Å². The molecule has 4 heteroatoms. The third-order valence-corrected chi connectivity index (χ3v) is 3.07. The van der Waals surface area contributed by atoms with Gasteiger partial charge in [-0.15, -0.1) is 0 Å². The van der Waals surface area contributed by atoms with E-state index in [0.29, 0.717) is 11.4 Å². The van der Waals surface area contributed by atoms with Crippen molar-refractivity contribution in [2.75, 3.05) is 5.32 Å². The lowest BCUT2D eigenvalue weighted by Gasteiger charge is -2.43.